The summed E-state index contributed by atoms with van der Waals surface area (Å²) in [5, 5.41) is 1.43. The van der Waals surface area contributed by atoms with Gasteiger partial charge < -0.3 is 10.6 Å². The number of halogens is 1. The van der Waals surface area contributed by atoms with Gasteiger partial charge in [-0.1, -0.05) is 31.0 Å². The molecule has 1 unspecified atom stereocenters. The molecule has 2 heterocycles. The molecule has 5 heteroatoms. The number of anilines is 1. The maximum absolute atomic E-state index is 12.6. The average molecular weight is 309 g/mol. The monoisotopic (exact) mass is 308 g/mol. The van der Waals surface area contributed by atoms with E-state index in [1.807, 2.05) is 23.1 Å². The second-order valence-electron chi connectivity index (χ2n) is 5.27. The maximum atomic E-state index is 12.6. The first kappa shape index (κ1) is 13.7. The minimum Gasteiger partial charge on any atom is -0.397 e. The predicted octanol–water partition coefficient (Wildman–Crippen LogP) is 4.01. The fourth-order valence-electron chi connectivity index (χ4n) is 2.78. The van der Waals surface area contributed by atoms with Crippen LogP contribution in [0.4, 0.5) is 5.69 Å². The molecule has 1 saturated heterocycles. The summed E-state index contributed by atoms with van der Waals surface area (Å²) >= 11 is 7.63. The molecule has 3 nitrogen and oxygen atoms in total. The zero-order valence-electron chi connectivity index (χ0n) is 11.4. The molecular weight excluding hydrogens is 292 g/mol. The molecule has 2 aromatic rings. The standard InChI is InChI=1S/C15H17ClN2OS/c1-2-9-6-7-18(8-9)15(19)14-13(17)12-10(16)4-3-5-11(12)20-14/h3-5,9H,2,6-8,17H2,1H3. The Morgan fingerprint density at radius 1 is 1.55 bits per heavy atom. The molecule has 0 saturated carbocycles. The number of rotatable bonds is 2. The van der Waals surface area contributed by atoms with Crippen LogP contribution in [0.2, 0.25) is 5.02 Å². The van der Waals surface area contributed by atoms with Gasteiger partial charge in [-0.15, -0.1) is 11.3 Å². The van der Waals surface area contributed by atoms with Crippen molar-refractivity contribution < 1.29 is 4.79 Å². The highest BCUT2D eigenvalue weighted by Gasteiger charge is 2.28. The van der Waals surface area contributed by atoms with Crippen molar-refractivity contribution in [3.05, 3.63) is 28.1 Å². The van der Waals surface area contributed by atoms with Crippen molar-refractivity contribution in [1.82, 2.24) is 4.90 Å². The van der Waals surface area contributed by atoms with Crippen LogP contribution in [-0.2, 0) is 0 Å². The Kier molecular flexibility index (Phi) is 3.61. The van der Waals surface area contributed by atoms with Crippen LogP contribution in [0.15, 0.2) is 18.2 Å². The number of carbonyl (C=O) groups excluding carboxylic acids is 1. The van der Waals surface area contributed by atoms with Gasteiger partial charge in [-0.2, -0.15) is 0 Å². The largest absolute Gasteiger partial charge is 0.397 e. The number of amides is 1. The van der Waals surface area contributed by atoms with E-state index in [1.165, 1.54) is 11.3 Å². The van der Waals surface area contributed by atoms with E-state index < -0.39 is 0 Å². The fraction of sp³-hybridized carbons (Fsp3) is 0.400. The van der Waals surface area contributed by atoms with Gasteiger partial charge >= 0.3 is 0 Å². The van der Waals surface area contributed by atoms with E-state index in [0.29, 0.717) is 21.5 Å². The number of fused-ring (bicyclic) bond motifs is 1. The SMILES string of the molecule is CCC1CCN(C(=O)c2sc3cccc(Cl)c3c2N)C1. The fourth-order valence-corrected chi connectivity index (χ4v) is 4.23. The highest BCUT2D eigenvalue weighted by atomic mass is 35.5. The van der Waals surface area contributed by atoms with Crippen LogP contribution in [0.3, 0.4) is 0 Å². The van der Waals surface area contributed by atoms with Crippen LogP contribution in [0.5, 0.6) is 0 Å². The second-order valence-corrected chi connectivity index (χ2v) is 6.73. The van der Waals surface area contributed by atoms with E-state index in [4.69, 9.17) is 17.3 Å². The Labute approximate surface area is 127 Å². The predicted molar refractivity (Wildman–Crippen MR) is 85.5 cm³/mol. The number of thiophene rings is 1. The highest BCUT2D eigenvalue weighted by Crippen LogP contribution is 2.39. The van der Waals surface area contributed by atoms with Crippen LogP contribution >= 0.6 is 22.9 Å². The summed E-state index contributed by atoms with van der Waals surface area (Å²) in [7, 11) is 0. The number of hydrogen-bond donors (Lipinski definition) is 1. The normalized spacial score (nSPS) is 18.9. The van der Waals surface area contributed by atoms with Gasteiger partial charge in [0.1, 0.15) is 4.88 Å². The van der Waals surface area contributed by atoms with Crippen molar-refractivity contribution >= 4 is 44.6 Å². The lowest BCUT2D eigenvalue weighted by atomic mass is 10.1. The number of nitrogens with two attached hydrogens (primary N) is 1. The van der Waals surface area contributed by atoms with Crippen molar-refractivity contribution in [2.24, 2.45) is 5.92 Å². The topological polar surface area (TPSA) is 46.3 Å². The number of carbonyl (C=O) groups is 1. The molecule has 20 heavy (non-hydrogen) atoms. The molecule has 106 valence electrons. The quantitative estimate of drug-likeness (QED) is 0.911. The molecule has 0 aliphatic carbocycles. The molecule has 1 fully saturated rings. The Balaban J connectivity index is 1.96. The van der Waals surface area contributed by atoms with E-state index in [0.717, 1.165) is 36.0 Å². The first-order valence-electron chi connectivity index (χ1n) is 6.87. The minimum absolute atomic E-state index is 0.0516. The molecule has 3 rings (SSSR count). The summed E-state index contributed by atoms with van der Waals surface area (Å²) in [6, 6.07) is 5.65. The van der Waals surface area contributed by atoms with Crippen molar-refractivity contribution in [3.8, 4) is 0 Å². The molecule has 1 aromatic carbocycles. The molecule has 1 aliphatic heterocycles. The lowest BCUT2D eigenvalue weighted by Crippen LogP contribution is -2.28. The number of hydrogen-bond acceptors (Lipinski definition) is 3. The minimum atomic E-state index is 0.0516. The molecule has 2 N–H and O–H groups in total. The Morgan fingerprint density at radius 2 is 2.35 bits per heavy atom. The van der Waals surface area contributed by atoms with E-state index in [2.05, 4.69) is 6.92 Å². The van der Waals surface area contributed by atoms with Gasteiger partial charge in [-0.25, -0.2) is 0 Å². The summed E-state index contributed by atoms with van der Waals surface area (Å²) in [4.78, 5) is 15.2. The van der Waals surface area contributed by atoms with E-state index >= 15 is 0 Å². The molecule has 1 aromatic heterocycles. The van der Waals surface area contributed by atoms with Crippen LogP contribution in [0.25, 0.3) is 10.1 Å². The summed E-state index contributed by atoms with van der Waals surface area (Å²) in [6.45, 7) is 3.85. The summed E-state index contributed by atoms with van der Waals surface area (Å²) in [6.07, 6.45) is 2.21. The number of nitrogen functional groups attached to an aromatic ring is 1. The molecule has 0 bridgehead atoms. The van der Waals surface area contributed by atoms with Gasteiger partial charge in [0, 0.05) is 23.2 Å². The molecule has 0 radical (unpaired) electrons. The first-order chi connectivity index (χ1) is 9.61. The van der Waals surface area contributed by atoms with E-state index in [9.17, 15) is 4.79 Å². The second kappa shape index (κ2) is 5.26. The molecule has 1 amide bonds. The van der Waals surface area contributed by atoms with Gasteiger partial charge in [0.2, 0.25) is 0 Å². The van der Waals surface area contributed by atoms with Crippen LogP contribution in [-0.4, -0.2) is 23.9 Å². The number of benzene rings is 1. The Morgan fingerprint density at radius 3 is 3.00 bits per heavy atom. The Hall–Kier alpha value is -1.26. The lowest BCUT2D eigenvalue weighted by Gasteiger charge is -2.15. The zero-order valence-corrected chi connectivity index (χ0v) is 12.9. The highest BCUT2D eigenvalue weighted by molar-refractivity contribution is 7.21. The molecular formula is C15H17ClN2OS. The Bertz CT molecular complexity index is 667. The molecule has 1 aliphatic rings. The van der Waals surface area contributed by atoms with Gasteiger partial charge in [-0.05, 0) is 24.5 Å². The third kappa shape index (κ3) is 2.17. The van der Waals surface area contributed by atoms with Crippen molar-refractivity contribution in [2.45, 2.75) is 19.8 Å². The summed E-state index contributed by atoms with van der Waals surface area (Å²) in [5.74, 6) is 0.675. The zero-order chi connectivity index (χ0) is 14.3. The van der Waals surface area contributed by atoms with Gasteiger partial charge in [-0.3, -0.25) is 4.79 Å². The molecule has 1 atom stereocenters. The first-order valence-corrected chi connectivity index (χ1v) is 8.07. The maximum Gasteiger partial charge on any atom is 0.266 e. The number of nitrogens with zero attached hydrogens (tertiary/aromatic N) is 1. The number of likely N-dealkylation sites (tertiary alicyclic amines) is 1. The summed E-state index contributed by atoms with van der Waals surface area (Å²) < 4.78 is 0.976. The van der Waals surface area contributed by atoms with Gasteiger partial charge in [0.15, 0.2) is 0 Å². The van der Waals surface area contributed by atoms with Crippen LogP contribution < -0.4 is 5.73 Å². The van der Waals surface area contributed by atoms with E-state index in [-0.39, 0.29) is 5.91 Å². The van der Waals surface area contributed by atoms with Crippen molar-refractivity contribution in [3.63, 3.8) is 0 Å². The average Bonchev–Trinajstić information content (AvgIpc) is 3.04. The third-order valence-corrected chi connectivity index (χ3v) is 5.52. The van der Waals surface area contributed by atoms with Crippen molar-refractivity contribution in [1.29, 1.82) is 0 Å². The van der Waals surface area contributed by atoms with Crippen LogP contribution in [0.1, 0.15) is 29.4 Å². The summed E-state index contributed by atoms with van der Waals surface area (Å²) in [5.41, 5.74) is 6.68. The van der Waals surface area contributed by atoms with Gasteiger partial charge in [0.25, 0.3) is 5.91 Å². The van der Waals surface area contributed by atoms with Crippen LogP contribution in [0, 0.1) is 5.92 Å². The van der Waals surface area contributed by atoms with E-state index in [1.54, 1.807) is 0 Å². The van der Waals surface area contributed by atoms with Crippen molar-refractivity contribution in [2.75, 3.05) is 18.8 Å². The molecule has 0 spiro atoms. The van der Waals surface area contributed by atoms with Gasteiger partial charge in [0.05, 0.1) is 10.7 Å². The third-order valence-electron chi connectivity index (χ3n) is 4.05. The lowest BCUT2D eigenvalue weighted by molar-refractivity contribution is 0.0792. The smallest absolute Gasteiger partial charge is 0.266 e.